The second-order valence-electron chi connectivity index (χ2n) is 5.94. The van der Waals surface area contributed by atoms with E-state index in [1.54, 1.807) is 16.7 Å². The van der Waals surface area contributed by atoms with E-state index in [-0.39, 0.29) is 37.4 Å². The topological polar surface area (TPSA) is 75.7 Å². The number of esters is 1. The van der Waals surface area contributed by atoms with Gasteiger partial charge in [-0.15, -0.1) is 11.8 Å². The van der Waals surface area contributed by atoms with Gasteiger partial charge in [-0.25, -0.2) is 0 Å². The van der Waals surface area contributed by atoms with Crippen molar-refractivity contribution in [3.63, 3.8) is 0 Å². The summed E-state index contributed by atoms with van der Waals surface area (Å²) in [6.45, 7) is 3.62. The van der Waals surface area contributed by atoms with E-state index in [1.165, 1.54) is 0 Å². The number of benzene rings is 1. The van der Waals surface area contributed by atoms with Crippen LogP contribution >= 0.6 is 11.8 Å². The van der Waals surface area contributed by atoms with Crippen LogP contribution in [0.2, 0.25) is 0 Å². The highest BCUT2D eigenvalue weighted by molar-refractivity contribution is 7.98. The Morgan fingerprint density at radius 3 is 2.83 bits per heavy atom. The number of amides is 2. The van der Waals surface area contributed by atoms with E-state index in [9.17, 15) is 14.4 Å². The molecule has 24 heavy (non-hydrogen) atoms. The Hall–Kier alpha value is -2.02. The van der Waals surface area contributed by atoms with Crippen LogP contribution < -0.4 is 10.2 Å². The summed E-state index contributed by atoms with van der Waals surface area (Å²) in [4.78, 5) is 38.5. The summed E-state index contributed by atoms with van der Waals surface area (Å²) in [7, 11) is 0. The first kappa shape index (κ1) is 18.3. The zero-order chi connectivity index (χ0) is 17.7. The van der Waals surface area contributed by atoms with Crippen molar-refractivity contribution >= 4 is 35.2 Å². The van der Waals surface area contributed by atoms with Crippen LogP contribution in [0.5, 0.6) is 0 Å². The lowest BCUT2D eigenvalue weighted by Gasteiger charge is -2.17. The Bertz CT molecular complexity index is 633. The number of anilines is 1. The minimum absolute atomic E-state index is 0.0107. The quantitative estimate of drug-likeness (QED) is 0.626. The summed E-state index contributed by atoms with van der Waals surface area (Å²) < 4.78 is 5.03. The second-order valence-corrected chi connectivity index (χ2v) is 6.82. The van der Waals surface area contributed by atoms with Crippen LogP contribution in [0.15, 0.2) is 29.2 Å². The number of hydrogen-bond acceptors (Lipinski definition) is 5. The Morgan fingerprint density at radius 1 is 1.42 bits per heavy atom. The molecule has 1 saturated heterocycles. The molecule has 0 aromatic heterocycles. The van der Waals surface area contributed by atoms with Crippen molar-refractivity contribution in [2.75, 3.05) is 24.3 Å². The molecule has 2 rings (SSSR count). The molecule has 1 aliphatic heterocycles. The standard InChI is InChI=1S/C17H22N2O4S/c1-11(2)18-15(20)10-23-17(22)12-7-16(21)19(9-12)13-5-4-6-14(8-13)24-3/h4-6,8,11-12H,7,9-10H2,1-3H3,(H,18,20)/t12-/m0/s1. The monoisotopic (exact) mass is 350 g/mol. The highest BCUT2D eigenvalue weighted by atomic mass is 32.2. The zero-order valence-electron chi connectivity index (χ0n) is 14.1. The van der Waals surface area contributed by atoms with Crippen LogP contribution in [0.25, 0.3) is 0 Å². The van der Waals surface area contributed by atoms with Gasteiger partial charge in [-0.1, -0.05) is 6.07 Å². The van der Waals surface area contributed by atoms with Gasteiger partial charge in [0, 0.05) is 29.6 Å². The summed E-state index contributed by atoms with van der Waals surface area (Å²) in [5.74, 6) is -1.50. The maximum Gasteiger partial charge on any atom is 0.311 e. The third-order valence-corrected chi connectivity index (χ3v) is 4.34. The van der Waals surface area contributed by atoms with Crippen LogP contribution in [-0.4, -0.2) is 43.2 Å². The Kier molecular flexibility index (Phi) is 6.25. The van der Waals surface area contributed by atoms with Gasteiger partial charge in [0.15, 0.2) is 6.61 Å². The summed E-state index contributed by atoms with van der Waals surface area (Å²) >= 11 is 1.59. The molecule has 130 valence electrons. The van der Waals surface area contributed by atoms with Crippen molar-refractivity contribution < 1.29 is 19.1 Å². The van der Waals surface area contributed by atoms with E-state index in [4.69, 9.17) is 4.74 Å². The minimum atomic E-state index is -0.540. The van der Waals surface area contributed by atoms with Crippen molar-refractivity contribution in [1.82, 2.24) is 5.32 Å². The Morgan fingerprint density at radius 2 is 2.17 bits per heavy atom. The first-order valence-corrected chi connectivity index (χ1v) is 9.03. The summed E-state index contributed by atoms with van der Waals surface area (Å²) in [6, 6.07) is 7.61. The average Bonchev–Trinajstić information content (AvgIpc) is 2.94. The molecule has 0 spiro atoms. The fraction of sp³-hybridized carbons (Fsp3) is 0.471. The summed E-state index contributed by atoms with van der Waals surface area (Å²) in [5.41, 5.74) is 0.778. The molecule has 1 aromatic rings. The normalized spacial score (nSPS) is 17.2. The van der Waals surface area contributed by atoms with Gasteiger partial charge in [0.2, 0.25) is 5.91 Å². The molecule has 1 heterocycles. The lowest BCUT2D eigenvalue weighted by atomic mass is 10.1. The van der Waals surface area contributed by atoms with Gasteiger partial charge in [-0.3, -0.25) is 14.4 Å². The smallest absolute Gasteiger partial charge is 0.311 e. The van der Waals surface area contributed by atoms with E-state index in [1.807, 2.05) is 44.4 Å². The van der Waals surface area contributed by atoms with Crippen molar-refractivity contribution in [3.05, 3.63) is 24.3 Å². The molecule has 1 N–H and O–H groups in total. The van der Waals surface area contributed by atoms with E-state index >= 15 is 0 Å². The van der Waals surface area contributed by atoms with E-state index in [0.717, 1.165) is 10.6 Å². The predicted molar refractivity (Wildman–Crippen MR) is 92.9 cm³/mol. The van der Waals surface area contributed by atoms with Crippen LogP contribution in [0.4, 0.5) is 5.69 Å². The molecule has 7 heteroatoms. The molecule has 1 aromatic carbocycles. The van der Waals surface area contributed by atoms with Gasteiger partial charge in [0.1, 0.15) is 0 Å². The Labute approximate surface area is 145 Å². The third kappa shape index (κ3) is 4.74. The Balaban J connectivity index is 1.93. The molecule has 1 atom stereocenters. The van der Waals surface area contributed by atoms with E-state index in [2.05, 4.69) is 5.32 Å². The number of carbonyl (C=O) groups excluding carboxylic acids is 3. The molecule has 0 radical (unpaired) electrons. The van der Waals surface area contributed by atoms with Crippen LogP contribution in [0.3, 0.4) is 0 Å². The van der Waals surface area contributed by atoms with Crippen molar-refractivity contribution in [1.29, 1.82) is 0 Å². The van der Waals surface area contributed by atoms with Gasteiger partial charge in [0.05, 0.1) is 5.92 Å². The van der Waals surface area contributed by atoms with Crippen molar-refractivity contribution in [3.8, 4) is 0 Å². The van der Waals surface area contributed by atoms with Gasteiger partial charge in [-0.05, 0) is 38.3 Å². The third-order valence-electron chi connectivity index (χ3n) is 3.62. The molecule has 2 amide bonds. The van der Waals surface area contributed by atoms with Crippen LogP contribution in [0.1, 0.15) is 20.3 Å². The number of nitrogens with one attached hydrogen (secondary N) is 1. The molecule has 6 nitrogen and oxygen atoms in total. The zero-order valence-corrected chi connectivity index (χ0v) is 14.9. The molecule has 1 fully saturated rings. The van der Waals surface area contributed by atoms with Gasteiger partial charge >= 0.3 is 5.97 Å². The van der Waals surface area contributed by atoms with Crippen molar-refractivity contribution in [2.45, 2.75) is 31.2 Å². The SMILES string of the molecule is CSc1cccc(N2C[C@@H](C(=O)OCC(=O)NC(C)C)CC2=O)c1. The fourth-order valence-corrected chi connectivity index (χ4v) is 2.96. The van der Waals surface area contributed by atoms with E-state index < -0.39 is 11.9 Å². The summed E-state index contributed by atoms with van der Waals surface area (Å²) in [6.07, 6.45) is 2.07. The number of rotatable bonds is 6. The molecular formula is C17H22N2O4S. The predicted octanol–water partition coefficient (Wildman–Crippen LogP) is 1.83. The lowest BCUT2D eigenvalue weighted by molar-refractivity contribution is -0.152. The molecule has 0 saturated carbocycles. The van der Waals surface area contributed by atoms with Gasteiger partial charge < -0.3 is 15.0 Å². The highest BCUT2D eigenvalue weighted by Crippen LogP contribution is 2.28. The average molecular weight is 350 g/mol. The van der Waals surface area contributed by atoms with Crippen molar-refractivity contribution in [2.24, 2.45) is 5.92 Å². The molecule has 1 aliphatic rings. The highest BCUT2D eigenvalue weighted by Gasteiger charge is 2.36. The first-order chi connectivity index (χ1) is 11.4. The number of ether oxygens (including phenoxy) is 1. The fourth-order valence-electron chi connectivity index (χ4n) is 2.51. The molecular weight excluding hydrogens is 328 g/mol. The molecule has 0 unspecified atom stereocenters. The minimum Gasteiger partial charge on any atom is -0.455 e. The summed E-state index contributed by atoms with van der Waals surface area (Å²) in [5, 5.41) is 2.65. The van der Waals surface area contributed by atoms with Crippen LogP contribution in [-0.2, 0) is 19.1 Å². The number of nitrogens with zero attached hydrogens (tertiary/aromatic N) is 1. The van der Waals surface area contributed by atoms with E-state index in [0.29, 0.717) is 0 Å². The lowest BCUT2D eigenvalue weighted by Crippen LogP contribution is -2.35. The van der Waals surface area contributed by atoms with Crippen LogP contribution in [0, 0.1) is 5.92 Å². The van der Waals surface area contributed by atoms with Gasteiger partial charge in [-0.2, -0.15) is 0 Å². The largest absolute Gasteiger partial charge is 0.455 e. The van der Waals surface area contributed by atoms with Gasteiger partial charge in [0.25, 0.3) is 5.91 Å². The first-order valence-electron chi connectivity index (χ1n) is 7.81. The maximum atomic E-state index is 12.2. The number of carbonyl (C=O) groups is 3. The second kappa shape index (κ2) is 8.19. The number of hydrogen-bond donors (Lipinski definition) is 1. The molecule has 0 aliphatic carbocycles. The number of thioether (sulfide) groups is 1. The maximum absolute atomic E-state index is 12.2. The molecule has 0 bridgehead atoms.